The van der Waals surface area contributed by atoms with Gasteiger partial charge in [-0.15, -0.1) is 0 Å². The van der Waals surface area contributed by atoms with Crippen molar-refractivity contribution in [3.8, 4) is 0 Å². The van der Waals surface area contributed by atoms with Crippen LogP contribution in [0.3, 0.4) is 0 Å². The highest BCUT2D eigenvalue weighted by molar-refractivity contribution is 5.75. The van der Waals surface area contributed by atoms with Gasteiger partial charge in [0.15, 0.2) is 0 Å². The lowest BCUT2D eigenvalue weighted by atomic mass is 10.0. The van der Waals surface area contributed by atoms with Crippen molar-refractivity contribution in [3.63, 3.8) is 0 Å². The molecule has 2 rings (SSSR count). The van der Waals surface area contributed by atoms with Gasteiger partial charge in [-0.2, -0.15) is 0 Å². The van der Waals surface area contributed by atoms with Gasteiger partial charge in [-0.3, -0.25) is 4.79 Å². The summed E-state index contributed by atoms with van der Waals surface area (Å²) in [6, 6.07) is 0.294. The average Bonchev–Trinajstić information content (AvgIpc) is 2.60. The second-order valence-corrected chi connectivity index (χ2v) is 3.53. The third-order valence-electron chi connectivity index (χ3n) is 2.85. The monoisotopic (exact) mass is 167 g/mol. The molecule has 0 aromatic rings. The van der Waals surface area contributed by atoms with Crippen LogP contribution in [0.2, 0.25) is 0 Å². The maximum atomic E-state index is 11.2. The number of amides is 1. The van der Waals surface area contributed by atoms with Crippen molar-refractivity contribution in [2.75, 3.05) is 6.61 Å². The zero-order chi connectivity index (χ0) is 8.72. The van der Waals surface area contributed by atoms with E-state index in [0.717, 1.165) is 6.42 Å². The fraction of sp³-hybridized carbons (Fsp3) is 0.667. The molecule has 2 aliphatic rings. The van der Waals surface area contributed by atoms with Gasteiger partial charge in [-0.05, 0) is 6.42 Å². The van der Waals surface area contributed by atoms with Crippen LogP contribution in [0.15, 0.2) is 12.2 Å². The van der Waals surface area contributed by atoms with E-state index in [1.807, 2.05) is 0 Å². The molecule has 1 aliphatic heterocycles. The van der Waals surface area contributed by atoms with Crippen molar-refractivity contribution >= 4 is 5.91 Å². The summed E-state index contributed by atoms with van der Waals surface area (Å²) in [7, 11) is 0. The number of aliphatic hydroxyl groups excluding tert-OH is 1. The molecule has 1 amide bonds. The fourth-order valence-corrected chi connectivity index (χ4v) is 2.34. The van der Waals surface area contributed by atoms with E-state index in [2.05, 4.69) is 12.2 Å². The number of fused-ring (bicyclic) bond motifs is 2. The summed E-state index contributed by atoms with van der Waals surface area (Å²) >= 11 is 0. The Hall–Kier alpha value is -0.830. The molecule has 0 spiro atoms. The van der Waals surface area contributed by atoms with Gasteiger partial charge in [0.25, 0.3) is 0 Å². The molecule has 0 aromatic carbocycles. The van der Waals surface area contributed by atoms with Gasteiger partial charge in [0.05, 0.1) is 18.7 Å². The molecule has 1 saturated heterocycles. The van der Waals surface area contributed by atoms with Gasteiger partial charge in [0, 0.05) is 12.8 Å². The molecule has 1 fully saturated rings. The fourth-order valence-electron chi connectivity index (χ4n) is 2.34. The number of likely N-dealkylation sites (tertiary alicyclic amines) is 1. The number of hydrogen-bond donors (Lipinski definition) is 1. The molecule has 0 radical (unpaired) electrons. The van der Waals surface area contributed by atoms with Gasteiger partial charge in [-0.1, -0.05) is 12.2 Å². The Bertz CT molecular complexity index is 237. The van der Waals surface area contributed by atoms with Crippen LogP contribution in [0, 0.1) is 5.92 Å². The normalized spacial score (nSPS) is 37.8. The highest BCUT2D eigenvalue weighted by atomic mass is 16.3. The minimum absolute atomic E-state index is 0.0394. The van der Waals surface area contributed by atoms with Gasteiger partial charge in [0.2, 0.25) is 5.91 Å². The predicted octanol–water partition coefficient (Wildman–Crippen LogP) is 0.154. The first-order valence-electron chi connectivity index (χ1n) is 4.32. The number of carbonyl (C=O) groups is 1. The first kappa shape index (κ1) is 7.80. The van der Waals surface area contributed by atoms with Crippen LogP contribution in [-0.2, 0) is 4.79 Å². The Balaban J connectivity index is 2.23. The summed E-state index contributed by atoms with van der Waals surface area (Å²) in [5.41, 5.74) is 0. The molecule has 1 N–H and O–H groups in total. The smallest absolute Gasteiger partial charge is 0.220 e. The van der Waals surface area contributed by atoms with E-state index in [9.17, 15) is 4.79 Å². The summed E-state index contributed by atoms with van der Waals surface area (Å²) in [6.45, 7) is 1.66. The van der Waals surface area contributed by atoms with E-state index in [1.165, 1.54) is 0 Å². The number of nitrogens with zero attached hydrogens (tertiary/aromatic N) is 1. The Labute approximate surface area is 71.7 Å². The maximum Gasteiger partial charge on any atom is 0.220 e. The number of carbonyl (C=O) groups excluding carboxylic acids is 1. The van der Waals surface area contributed by atoms with Crippen LogP contribution in [-0.4, -0.2) is 34.6 Å². The van der Waals surface area contributed by atoms with E-state index >= 15 is 0 Å². The van der Waals surface area contributed by atoms with Crippen molar-refractivity contribution in [2.24, 2.45) is 5.92 Å². The summed E-state index contributed by atoms with van der Waals surface area (Å²) in [5, 5.41) is 9.08. The molecule has 0 unspecified atom stereocenters. The number of aliphatic hydroxyl groups is 1. The molecule has 3 atom stereocenters. The largest absolute Gasteiger partial charge is 0.394 e. The average molecular weight is 167 g/mol. The molecule has 1 heterocycles. The van der Waals surface area contributed by atoms with E-state index in [1.54, 1.807) is 11.8 Å². The zero-order valence-electron chi connectivity index (χ0n) is 7.10. The SMILES string of the molecule is CC(=O)N1[C@@H]2C=C[C@@H](C2)[C@H]1CO. The number of hydrogen-bond acceptors (Lipinski definition) is 2. The summed E-state index contributed by atoms with van der Waals surface area (Å²) in [4.78, 5) is 13.0. The lowest BCUT2D eigenvalue weighted by Crippen LogP contribution is -2.43. The van der Waals surface area contributed by atoms with E-state index in [4.69, 9.17) is 5.11 Å². The second-order valence-electron chi connectivity index (χ2n) is 3.53. The van der Waals surface area contributed by atoms with Crippen LogP contribution in [0.25, 0.3) is 0 Å². The Morgan fingerprint density at radius 3 is 2.92 bits per heavy atom. The van der Waals surface area contributed by atoms with E-state index in [0.29, 0.717) is 5.92 Å². The van der Waals surface area contributed by atoms with Gasteiger partial charge in [-0.25, -0.2) is 0 Å². The van der Waals surface area contributed by atoms with E-state index < -0.39 is 0 Å². The standard InChI is InChI=1S/C9H13NO2/c1-6(12)10-8-3-2-7(4-8)9(10)5-11/h2-3,7-9,11H,4-5H2,1H3/t7-,8+,9+/m0/s1. The summed E-state index contributed by atoms with van der Waals surface area (Å²) in [6.07, 6.45) is 5.19. The topological polar surface area (TPSA) is 40.5 Å². The molecule has 0 aromatic heterocycles. The van der Waals surface area contributed by atoms with Gasteiger partial charge < -0.3 is 10.0 Å². The molecule has 3 heteroatoms. The van der Waals surface area contributed by atoms with Gasteiger partial charge in [0.1, 0.15) is 0 Å². The highest BCUT2D eigenvalue weighted by Gasteiger charge is 2.43. The Kier molecular flexibility index (Phi) is 1.68. The van der Waals surface area contributed by atoms with Crippen LogP contribution < -0.4 is 0 Å². The molecule has 1 aliphatic carbocycles. The minimum Gasteiger partial charge on any atom is -0.394 e. The van der Waals surface area contributed by atoms with Crippen molar-refractivity contribution < 1.29 is 9.90 Å². The molecule has 66 valence electrons. The zero-order valence-corrected chi connectivity index (χ0v) is 7.10. The quantitative estimate of drug-likeness (QED) is 0.565. The van der Waals surface area contributed by atoms with E-state index in [-0.39, 0.29) is 24.6 Å². The lowest BCUT2D eigenvalue weighted by molar-refractivity contribution is -0.132. The summed E-state index contributed by atoms with van der Waals surface area (Å²) in [5.74, 6) is 0.467. The molecule has 2 bridgehead atoms. The molecular formula is C9H13NO2. The van der Waals surface area contributed by atoms with Crippen molar-refractivity contribution in [3.05, 3.63) is 12.2 Å². The highest BCUT2D eigenvalue weighted by Crippen LogP contribution is 2.36. The van der Waals surface area contributed by atoms with Gasteiger partial charge >= 0.3 is 0 Å². The van der Waals surface area contributed by atoms with Crippen LogP contribution in [0.1, 0.15) is 13.3 Å². The summed E-state index contributed by atoms with van der Waals surface area (Å²) < 4.78 is 0. The minimum atomic E-state index is 0.0394. The van der Waals surface area contributed by atoms with Crippen LogP contribution >= 0.6 is 0 Å². The third-order valence-corrected chi connectivity index (χ3v) is 2.85. The molecule has 12 heavy (non-hydrogen) atoms. The first-order chi connectivity index (χ1) is 5.74. The lowest BCUT2D eigenvalue weighted by Gasteiger charge is -2.30. The maximum absolute atomic E-state index is 11.2. The molecule has 0 saturated carbocycles. The van der Waals surface area contributed by atoms with Crippen molar-refractivity contribution in [2.45, 2.75) is 25.4 Å². The third kappa shape index (κ3) is 0.894. The molecular weight excluding hydrogens is 154 g/mol. The van der Waals surface area contributed by atoms with Crippen LogP contribution in [0.5, 0.6) is 0 Å². The van der Waals surface area contributed by atoms with Crippen LogP contribution in [0.4, 0.5) is 0 Å². The number of rotatable bonds is 1. The Morgan fingerprint density at radius 2 is 2.42 bits per heavy atom. The van der Waals surface area contributed by atoms with Crippen molar-refractivity contribution in [1.82, 2.24) is 4.90 Å². The van der Waals surface area contributed by atoms with Crippen molar-refractivity contribution in [1.29, 1.82) is 0 Å². The second kappa shape index (κ2) is 2.59. The Morgan fingerprint density at radius 1 is 1.67 bits per heavy atom. The predicted molar refractivity (Wildman–Crippen MR) is 44.4 cm³/mol. The first-order valence-corrected chi connectivity index (χ1v) is 4.32. The molecule has 3 nitrogen and oxygen atoms in total.